The molecular formula is C20H17F17O2. The molecule has 1 aromatic carbocycles. The van der Waals surface area contributed by atoms with E-state index >= 15 is 0 Å². The smallest absolute Gasteiger partial charge is 0.460 e. The van der Waals surface area contributed by atoms with Gasteiger partial charge in [-0.1, -0.05) is 19.1 Å². The molecular weight excluding hydrogens is 595 g/mol. The molecule has 0 radical (unpaired) electrons. The van der Waals surface area contributed by atoms with E-state index < -0.39 is 65.2 Å². The molecule has 1 atom stereocenters. The summed E-state index contributed by atoms with van der Waals surface area (Å²) in [5.41, 5.74) is -4.21. The molecule has 0 aromatic heterocycles. The van der Waals surface area contributed by atoms with Gasteiger partial charge in [0.1, 0.15) is 5.75 Å². The highest BCUT2D eigenvalue weighted by molar-refractivity contribution is 5.32. The molecule has 0 heterocycles. The zero-order chi connectivity index (χ0) is 31.3. The minimum absolute atomic E-state index is 0.0205. The van der Waals surface area contributed by atoms with Crippen molar-refractivity contribution in [1.29, 1.82) is 0 Å². The molecule has 228 valence electrons. The molecule has 1 unspecified atom stereocenters. The summed E-state index contributed by atoms with van der Waals surface area (Å²) >= 11 is 0. The minimum atomic E-state index is -8.70. The van der Waals surface area contributed by atoms with Crippen LogP contribution in [-0.2, 0) is 5.60 Å². The highest BCUT2D eigenvalue weighted by Gasteiger charge is 2.95. The van der Waals surface area contributed by atoms with E-state index in [2.05, 4.69) is 0 Å². The molecule has 1 N–H and O–H groups in total. The molecule has 0 fully saturated rings. The van der Waals surface area contributed by atoms with E-state index in [1.165, 1.54) is 0 Å². The number of rotatable bonds is 12. The molecule has 1 aromatic rings. The van der Waals surface area contributed by atoms with Crippen LogP contribution in [0.4, 0.5) is 74.6 Å². The van der Waals surface area contributed by atoms with E-state index in [0.717, 1.165) is 12.1 Å². The second-order valence-corrected chi connectivity index (χ2v) is 8.48. The van der Waals surface area contributed by atoms with Gasteiger partial charge in [0.15, 0.2) is 0 Å². The van der Waals surface area contributed by atoms with Crippen LogP contribution in [0.3, 0.4) is 0 Å². The predicted octanol–water partition coefficient (Wildman–Crippen LogP) is 8.08. The van der Waals surface area contributed by atoms with E-state index in [-0.39, 0.29) is 19.3 Å². The zero-order valence-corrected chi connectivity index (χ0v) is 19.2. The van der Waals surface area contributed by atoms with Gasteiger partial charge in [0.2, 0.25) is 0 Å². The summed E-state index contributed by atoms with van der Waals surface area (Å²) < 4.78 is 233. The number of aliphatic hydroxyl groups is 1. The number of ether oxygens (including phenoxy) is 1. The van der Waals surface area contributed by atoms with Gasteiger partial charge >= 0.3 is 47.6 Å². The van der Waals surface area contributed by atoms with E-state index in [4.69, 9.17) is 4.74 Å². The van der Waals surface area contributed by atoms with Crippen LogP contribution in [0.15, 0.2) is 24.3 Å². The molecule has 0 saturated carbocycles. The number of alkyl halides is 17. The van der Waals surface area contributed by atoms with Crippen LogP contribution in [0.5, 0.6) is 5.75 Å². The quantitative estimate of drug-likeness (QED) is 0.242. The Morgan fingerprint density at radius 1 is 0.641 bits per heavy atom. The standard InChI is InChI=1S/C20H17F17O2/c1-3-7-39-11-6-4-5-10(8-11)12(2,38)9-13(21,22)14(23,24)15(25,26)16(27,28)17(29,30)18(31,32)19(33,34)20(35,36)37/h4-6,8,38H,3,7,9H2,1-2H3. The van der Waals surface area contributed by atoms with Gasteiger partial charge in [-0.25, -0.2) is 0 Å². The van der Waals surface area contributed by atoms with E-state index in [0.29, 0.717) is 18.6 Å². The predicted molar refractivity (Wildman–Crippen MR) is 97.1 cm³/mol. The highest BCUT2D eigenvalue weighted by atomic mass is 19.4. The van der Waals surface area contributed by atoms with Gasteiger partial charge in [-0.2, -0.15) is 74.6 Å². The zero-order valence-electron chi connectivity index (χ0n) is 19.2. The van der Waals surface area contributed by atoms with Gasteiger partial charge in [0.25, 0.3) is 0 Å². The summed E-state index contributed by atoms with van der Waals surface area (Å²) in [7, 11) is 0. The van der Waals surface area contributed by atoms with Crippen LogP contribution in [0.25, 0.3) is 0 Å². The summed E-state index contributed by atoms with van der Waals surface area (Å²) in [6, 6.07) is 3.51. The van der Waals surface area contributed by atoms with Gasteiger partial charge in [-0.3, -0.25) is 0 Å². The fraction of sp³-hybridized carbons (Fsp3) is 0.700. The fourth-order valence-corrected chi connectivity index (χ4v) is 2.98. The fourth-order valence-electron chi connectivity index (χ4n) is 2.98. The Bertz CT molecular complexity index is 998. The Morgan fingerprint density at radius 3 is 1.46 bits per heavy atom. The number of hydrogen-bond acceptors (Lipinski definition) is 2. The topological polar surface area (TPSA) is 29.5 Å². The summed E-state index contributed by atoms with van der Waals surface area (Å²) in [6.45, 7) is 1.81. The second kappa shape index (κ2) is 10.0. The van der Waals surface area contributed by atoms with Gasteiger partial charge < -0.3 is 9.84 Å². The van der Waals surface area contributed by atoms with E-state index in [9.17, 15) is 79.7 Å². The second-order valence-electron chi connectivity index (χ2n) is 8.48. The van der Waals surface area contributed by atoms with Crippen molar-refractivity contribution in [2.24, 2.45) is 0 Å². The van der Waals surface area contributed by atoms with Crippen molar-refractivity contribution < 1.29 is 84.5 Å². The molecule has 19 heteroatoms. The van der Waals surface area contributed by atoms with Crippen molar-refractivity contribution in [3.8, 4) is 5.75 Å². The molecule has 0 aliphatic rings. The van der Waals surface area contributed by atoms with Crippen LogP contribution in [0, 0.1) is 0 Å². The van der Waals surface area contributed by atoms with E-state index in [1.54, 1.807) is 6.92 Å². The largest absolute Gasteiger partial charge is 0.494 e. The van der Waals surface area contributed by atoms with Crippen molar-refractivity contribution in [1.82, 2.24) is 0 Å². The lowest BCUT2D eigenvalue weighted by atomic mass is 9.83. The SMILES string of the molecule is CCCOc1cccc(C(C)(O)CC(F)(F)C(F)(F)C(F)(F)C(F)(F)C(F)(F)C(F)(F)C(F)(F)C(F)(F)F)c1. The minimum Gasteiger partial charge on any atom is -0.494 e. The van der Waals surface area contributed by atoms with E-state index in [1.807, 2.05) is 0 Å². The summed E-state index contributed by atoms with van der Waals surface area (Å²) in [6.07, 6.45) is -10.4. The van der Waals surface area contributed by atoms with Crippen LogP contribution < -0.4 is 4.74 Å². The molecule has 0 aliphatic heterocycles. The normalized spacial score (nSPS) is 16.7. The molecule has 1 rings (SSSR count). The lowest BCUT2D eigenvalue weighted by molar-refractivity contribution is -0.462. The monoisotopic (exact) mass is 612 g/mol. The Balaban J connectivity index is 3.57. The molecule has 0 bridgehead atoms. The molecule has 39 heavy (non-hydrogen) atoms. The maximum absolute atomic E-state index is 14.3. The average Bonchev–Trinajstić information content (AvgIpc) is 2.75. The van der Waals surface area contributed by atoms with Crippen molar-refractivity contribution in [2.45, 2.75) is 79.9 Å². The molecule has 0 aliphatic carbocycles. The van der Waals surface area contributed by atoms with Crippen LogP contribution in [0.2, 0.25) is 0 Å². The molecule has 2 nitrogen and oxygen atoms in total. The van der Waals surface area contributed by atoms with Crippen LogP contribution in [-0.4, -0.2) is 59.3 Å². The van der Waals surface area contributed by atoms with Crippen molar-refractivity contribution >= 4 is 0 Å². The van der Waals surface area contributed by atoms with Crippen molar-refractivity contribution in [3.05, 3.63) is 29.8 Å². The van der Waals surface area contributed by atoms with Crippen molar-refractivity contribution in [2.75, 3.05) is 6.61 Å². The Kier molecular flexibility index (Phi) is 8.93. The lowest BCUT2D eigenvalue weighted by Crippen LogP contribution is -2.74. The third kappa shape index (κ3) is 5.42. The van der Waals surface area contributed by atoms with Gasteiger partial charge in [0.05, 0.1) is 18.6 Å². The molecule has 0 amide bonds. The van der Waals surface area contributed by atoms with Gasteiger partial charge in [0, 0.05) is 0 Å². The first-order valence-electron chi connectivity index (χ1n) is 10.2. The number of halogens is 17. The summed E-state index contributed by atoms with van der Waals surface area (Å²) in [5.74, 6) is -57.4. The number of hydrogen-bond donors (Lipinski definition) is 1. The average molecular weight is 612 g/mol. The first kappa shape index (κ1) is 34.8. The first-order valence-corrected chi connectivity index (χ1v) is 10.2. The van der Waals surface area contributed by atoms with Crippen molar-refractivity contribution in [3.63, 3.8) is 0 Å². The maximum Gasteiger partial charge on any atom is 0.460 e. The Labute approximate surface area is 207 Å². The summed E-state index contributed by atoms with van der Waals surface area (Å²) in [4.78, 5) is 0. The number of benzene rings is 1. The Morgan fingerprint density at radius 2 is 1.05 bits per heavy atom. The van der Waals surface area contributed by atoms with Gasteiger partial charge in [-0.15, -0.1) is 0 Å². The van der Waals surface area contributed by atoms with Gasteiger partial charge in [-0.05, 0) is 31.0 Å². The third-order valence-electron chi connectivity index (χ3n) is 5.28. The Hall–Kier alpha value is -2.21. The molecule has 0 saturated heterocycles. The first-order chi connectivity index (χ1) is 17.0. The maximum atomic E-state index is 14.3. The summed E-state index contributed by atoms with van der Waals surface area (Å²) in [5, 5.41) is 10.2. The lowest BCUT2D eigenvalue weighted by Gasteiger charge is -2.43. The third-order valence-corrected chi connectivity index (χ3v) is 5.28. The van der Waals surface area contributed by atoms with Crippen LogP contribution in [0.1, 0.15) is 32.3 Å². The van der Waals surface area contributed by atoms with Crippen LogP contribution >= 0.6 is 0 Å². The highest BCUT2D eigenvalue weighted by Crippen LogP contribution is 2.64. The molecule has 0 spiro atoms.